The zero-order chi connectivity index (χ0) is 29.8. The van der Waals surface area contributed by atoms with Gasteiger partial charge in [0, 0.05) is 43.5 Å². The first-order valence-electron chi connectivity index (χ1n) is 12.8. The van der Waals surface area contributed by atoms with Crippen LogP contribution in [0, 0.1) is 11.6 Å². The maximum absolute atomic E-state index is 15.4. The summed E-state index contributed by atoms with van der Waals surface area (Å²) in [5, 5.41) is 9.39. The number of benzene rings is 2. The third-order valence-electron chi connectivity index (χ3n) is 6.54. The average molecular weight is 574 g/mol. The van der Waals surface area contributed by atoms with Gasteiger partial charge in [-0.1, -0.05) is 12.1 Å². The van der Waals surface area contributed by atoms with E-state index < -0.39 is 23.5 Å². The van der Waals surface area contributed by atoms with Gasteiger partial charge in [0.15, 0.2) is 0 Å². The van der Waals surface area contributed by atoms with E-state index in [1.807, 2.05) is 0 Å². The molecule has 1 amide bonds. The molecule has 0 atom stereocenters. The third-order valence-corrected chi connectivity index (χ3v) is 6.54. The van der Waals surface area contributed by atoms with E-state index in [0.29, 0.717) is 35.6 Å². The third kappa shape index (κ3) is 6.08. The lowest BCUT2D eigenvalue weighted by atomic mass is 10.0. The van der Waals surface area contributed by atoms with Crippen LogP contribution in [0.1, 0.15) is 37.8 Å². The largest absolute Gasteiger partial charge is 0.478 e. The first-order valence-corrected chi connectivity index (χ1v) is 12.8. The molecule has 0 aliphatic heterocycles. The maximum Gasteiger partial charge on any atom is 0.335 e. The Morgan fingerprint density at radius 3 is 2.57 bits per heavy atom. The van der Waals surface area contributed by atoms with Crippen molar-refractivity contribution in [2.24, 2.45) is 5.73 Å². The molecule has 0 saturated carbocycles. The highest BCUT2D eigenvalue weighted by Gasteiger charge is 2.18. The minimum Gasteiger partial charge on any atom is -0.478 e. The fourth-order valence-corrected chi connectivity index (χ4v) is 4.42. The van der Waals surface area contributed by atoms with Crippen LogP contribution in [-0.2, 0) is 24.3 Å². The normalized spacial score (nSPS) is 11.1. The number of halogens is 2. The van der Waals surface area contributed by atoms with Gasteiger partial charge in [-0.05, 0) is 48.0 Å². The molecule has 42 heavy (non-hydrogen) atoms. The summed E-state index contributed by atoms with van der Waals surface area (Å²) in [4.78, 5) is 35.5. The number of nitrogens with zero attached hydrogens (tertiary/aromatic N) is 4. The summed E-state index contributed by atoms with van der Waals surface area (Å²) in [5.74, 6) is -2.45. The standard InChI is InChI=1S/C30H25F2N5O5/c1-41-10-9-37-26-12-18(30(39)40)6-8-24(26)35-27(37)13-19-11-22(32)20(14-21(19)31)23-3-2-4-28(36-23)42-16-17-5-7-25(29(33)38)34-15-17/h2-8,11-12,14-15H,9-10,13,16H2,1H3,(H2,33,38)(H,39,40). The number of ether oxygens (including phenoxy) is 2. The fraction of sp³-hybridized carbons (Fsp3) is 0.167. The molecule has 12 heteroatoms. The molecule has 0 aliphatic rings. The molecule has 0 radical (unpaired) electrons. The van der Waals surface area contributed by atoms with Gasteiger partial charge in [-0.2, -0.15) is 0 Å². The van der Waals surface area contributed by atoms with Gasteiger partial charge in [0.05, 0.1) is 28.9 Å². The monoisotopic (exact) mass is 573 g/mol. The fourth-order valence-electron chi connectivity index (χ4n) is 4.42. The van der Waals surface area contributed by atoms with E-state index in [1.165, 1.54) is 37.6 Å². The molecule has 0 fully saturated rings. The Balaban J connectivity index is 1.39. The predicted octanol–water partition coefficient (Wildman–Crippen LogP) is 4.38. The maximum atomic E-state index is 15.4. The van der Waals surface area contributed by atoms with Gasteiger partial charge in [-0.3, -0.25) is 9.78 Å². The highest BCUT2D eigenvalue weighted by atomic mass is 19.1. The summed E-state index contributed by atoms with van der Waals surface area (Å²) in [5.41, 5.74) is 7.35. The van der Waals surface area contributed by atoms with Crippen LogP contribution >= 0.6 is 0 Å². The van der Waals surface area contributed by atoms with Crippen molar-refractivity contribution in [2.45, 2.75) is 19.6 Å². The molecule has 3 N–H and O–H groups in total. The number of aromatic nitrogens is 4. The van der Waals surface area contributed by atoms with E-state index in [-0.39, 0.29) is 47.0 Å². The number of primary amides is 1. The second-order valence-corrected chi connectivity index (χ2v) is 9.35. The number of fused-ring (bicyclic) bond motifs is 1. The molecule has 5 rings (SSSR count). The Morgan fingerprint density at radius 1 is 1.02 bits per heavy atom. The zero-order valence-electron chi connectivity index (χ0n) is 22.4. The number of rotatable bonds is 11. The molecule has 0 saturated heterocycles. The number of nitrogens with two attached hydrogens (primary N) is 1. The number of carbonyl (C=O) groups excluding carboxylic acids is 1. The van der Waals surface area contributed by atoms with Crippen LogP contribution in [0.3, 0.4) is 0 Å². The lowest BCUT2D eigenvalue weighted by molar-refractivity contribution is 0.0696. The molecule has 5 aromatic rings. The number of hydrogen-bond donors (Lipinski definition) is 2. The number of carboxylic acids is 1. The molecule has 3 aromatic heterocycles. The second kappa shape index (κ2) is 12.1. The number of hydrogen-bond acceptors (Lipinski definition) is 7. The Hall–Kier alpha value is -5.23. The van der Waals surface area contributed by atoms with Crippen molar-refractivity contribution in [1.82, 2.24) is 19.5 Å². The lowest BCUT2D eigenvalue weighted by Gasteiger charge is -2.12. The molecular formula is C30H25F2N5O5. The van der Waals surface area contributed by atoms with Gasteiger partial charge in [0.2, 0.25) is 5.88 Å². The van der Waals surface area contributed by atoms with Crippen molar-refractivity contribution in [2.75, 3.05) is 13.7 Å². The Kier molecular flexibility index (Phi) is 8.16. The van der Waals surface area contributed by atoms with Crippen molar-refractivity contribution in [1.29, 1.82) is 0 Å². The second-order valence-electron chi connectivity index (χ2n) is 9.35. The highest BCUT2D eigenvalue weighted by Crippen LogP contribution is 2.28. The Morgan fingerprint density at radius 2 is 1.86 bits per heavy atom. The number of imidazole rings is 1. The van der Waals surface area contributed by atoms with Crippen LogP contribution in [0.2, 0.25) is 0 Å². The summed E-state index contributed by atoms with van der Waals surface area (Å²) < 4.78 is 43.3. The zero-order valence-corrected chi connectivity index (χ0v) is 22.4. The SMILES string of the molecule is COCCn1c(Cc2cc(F)c(-c3cccc(OCc4ccc(C(N)=O)nc4)n3)cc2F)nc2ccc(C(=O)O)cc21. The lowest BCUT2D eigenvalue weighted by Crippen LogP contribution is -2.13. The number of aromatic carboxylic acids is 1. The Bertz CT molecular complexity index is 1790. The van der Waals surface area contributed by atoms with Crippen molar-refractivity contribution < 1.29 is 33.0 Å². The molecule has 214 valence electrons. The van der Waals surface area contributed by atoms with Gasteiger partial charge >= 0.3 is 5.97 Å². The first-order chi connectivity index (χ1) is 20.2. The molecule has 0 aliphatic carbocycles. The Labute approximate surface area is 238 Å². The molecule has 0 bridgehead atoms. The minimum absolute atomic E-state index is 0.0387. The van der Waals surface area contributed by atoms with Crippen molar-refractivity contribution in [3.63, 3.8) is 0 Å². The summed E-state index contributed by atoms with van der Waals surface area (Å²) >= 11 is 0. The van der Waals surface area contributed by atoms with Crippen LogP contribution in [0.5, 0.6) is 5.88 Å². The highest BCUT2D eigenvalue weighted by molar-refractivity contribution is 5.92. The molecule has 3 heterocycles. The smallest absolute Gasteiger partial charge is 0.335 e. The summed E-state index contributed by atoms with van der Waals surface area (Å²) in [6.45, 7) is 0.733. The van der Waals surface area contributed by atoms with Crippen molar-refractivity contribution >= 4 is 22.9 Å². The summed E-state index contributed by atoms with van der Waals surface area (Å²) in [6, 6.07) is 14.6. The first kappa shape index (κ1) is 28.3. The van der Waals surface area contributed by atoms with Crippen LogP contribution in [-0.4, -0.2) is 50.2 Å². The number of carbonyl (C=O) groups is 2. The van der Waals surface area contributed by atoms with E-state index >= 15 is 8.78 Å². The van der Waals surface area contributed by atoms with E-state index in [2.05, 4.69) is 15.0 Å². The average Bonchev–Trinajstić information content (AvgIpc) is 3.32. The summed E-state index contributed by atoms with van der Waals surface area (Å²) in [7, 11) is 1.53. The number of pyridine rings is 2. The quantitative estimate of drug-likeness (QED) is 0.237. The molecule has 2 aromatic carbocycles. The number of amides is 1. The van der Waals surface area contributed by atoms with Crippen LogP contribution < -0.4 is 10.5 Å². The molecular weight excluding hydrogens is 548 g/mol. The van der Waals surface area contributed by atoms with Gasteiger partial charge in [0.1, 0.15) is 29.8 Å². The predicted molar refractivity (Wildman–Crippen MR) is 148 cm³/mol. The van der Waals surface area contributed by atoms with E-state index in [4.69, 9.17) is 15.2 Å². The number of methoxy groups -OCH3 is 1. The van der Waals surface area contributed by atoms with Crippen molar-refractivity contribution in [3.05, 3.63) is 107 Å². The van der Waals surface area contributed by atoms with Crippen LogP contribution in [0.25, 0.3) is 22.3 Å². The van der Waals surface area contributed by atoms with Gasteiger partial charge in [0.25, 0.3) is 5.91 Å². The molecule has 10 nitrogen and oxygen atoms in total. The van der Waals surface area contributed by atoms with Gasteiger partial charge < -0.3 is 24.9 Å². The molecule has 0 unspecified atom stereocenters. The van der Waals surface area contributed by atoms with E-state index in [9.17, 15) is 14.7 Å². The molecule has 0 spiro atoms. The van der Waals surface area contributed by atoms with Gasteiger partial charge in [-0.15, -0.1) is 0 Å². The van der Waals surface area contributed by atoms with E-state index in [0.717, 1.165) is 12.1 Å². The summed E-state index contributed by atoms with van der Waals surface area (Å²) in [6.07, 6.45) is 1.41. The minimum atomic E-state index is -1.08. The van der Waals surface area contributed by atoms with Crippen LogP contribution in [0.15, 0.2) is 66.9 Å². The van der Waals surface area contributed by atoms with Crippen molar-refractivity contribution in [3.8, 4) is 17.1 Å². The number of carboxylic acid groups (broad SMARTS) is 1. The topological polar surface area (TPSA) is 142 Å². The van der Waals surface area contributed by atoms with Crippen LogP contribution in [0.4, 0.5) is 8.78 Å². The van der Waals surface area contributed by atoms with Gasteiger partial charge in [-0.25, -0.2) is 23.5 Å². The van der Waals surface area contributed by atoms with E-state index in [1.54, 1.807) is 28.8 Å².